The third-order valence-corrected chi connectivity index (χ3v) is 1.36. The Bertz CT molecular complexity index is 255. The van der Waals surface area contributed by atoms with Crippen LogP contribution >= 0.6 is 0 Å². The zero-order valence-corrected chi connectivity index (χ0v) is 7.93. The van der Waals surface area contributed by atoms with E-state index < -0.39 is 30.5 Å². The van der Waals surface area contributed by atoms with Crippen LogP contribution in [0.3, 0.4) is 0 Å². The molecule has 0 spiro atoms. The molecule has 0 aliphatic rings. The van der Waals surface area contributed by atoms with E-state index >= 15 is 0 Å². The monoisotopic (exact) mass is 219 g/mol. The van der Waals surface area contributed by atoms with Gasteiger partial charge in [-0.1, -0.05) is 0 Å². The Morgan fingerprint density at radius 3 is 2.47 bits per heavy atom. The minimum Gasteiger partial charge on any atom is -0.480 e. The lowest BCUT2D eigenvalue weighted by atomic mass is 10.3. The molecule has 0 aliphatic carbocycles. The predicted octanol–water partition coefficient (Wildman–Crippen LogP) is -2.98. The summed E-state index contributed by atoms with van der Waals surface area (Å²) < 4.78 is 4.46. The van der Waals surface area contributed by atoms with Gasteiger partial charge in [0.25, 0.3) is 0 Å². The zero-order chi connectivity index (χ0) is 11.8. The number of nitrogens with one attached hydrogen (secondary N) is 1. The van der Waals surface area contributed by atoms with E-state index in [2.05, 4.69) is 10.1 Å². The molecule has 0 heterocycles. The second-order valence-electron chi connectivity index (χ2n) is 2.61. The predicted molar refractivity (Wildman–Crippen MR) is 48.6 cm³/mol. The molecule has 0 radical (unpaired) electrons. The van der Waals surface area contributed by atoms with Crippen molar-refractivity contribution in [3.8, 4) is 0 Å². The molecular formula is C7H13N3O5. The number of nitrogens with two attached hydrogens (primary N) is 2. The summed E-state index contributed by atoms with van der Waals surface area (Å²) >= 11 is 0. The van der Waals surface area contributed by atoms with Crippen LogP contribution in [-0.4, -0.2) is 48.7 Å². The first-order valence-electron chi connectivity index (χ1n) is 4.08. The van der Waals surface area contributed by atoms with Crippen LogP contribution in [0.15, 0.2) is 0 Å². The first-order chi connectivity index (χ1) is 6.97. The van der Waals surface area contributed by atoms with E-state index in [0.29, 0.717) is 0 Å². The van der Waals surface area contributed by atoms with Crippen molar-refractivity contribution < 1.29 is 24.2 Å². The van der Waals surface area contributed by atoms with Crippen LogP contribution in [0.25, 0.3) is 0 Å². The maximum atomic E-state index is 10.9. The van der Waals surface area contributed by atoms with Gasteiger partial charge in [0.15, 0.2) is 0 Å². The molecule has 0 saturated heterocycles. The van der Waals surface area contributed by atoms with Crippen molar-refractivity contribution in [2.24, 2.45) is 11.5 Å². The normalized spacial score (nSPS) is 11.6. The van der Waals surface area contributed by atoms with E-state index in [1.54, 1.807) is 0 Å². The van der Waals surface area contributed by atoms with Crippen molar-refractivity contribution in [3.05, 3.63) is 0 Å². The minimum atomic E-state index is -1.27. The molecular weight excluding hydrogens is 206 g/mol. The lowest BCUT2D eigenvalue weighted by Gasteiger charge is -2.08. The molecule has 8 heteroatoms. The molecule has 8 nitrogen and oxygen atoms in total. The number of carboxylic acid groups (broad SMARTS) is 1. The molecule has 86 valence electrons. The van der Waals surface area contributed by atoms with Gasteiger partial charge in [-0.15, -0.1) is 0 Å². The van der Waals surface area contributed by atoms with Crippen molar-refractivity contribution in [2.75, 3.05) is 19.7 Å². The summed E-state index contributed by atoms with van der Waals surface area (Å²) in [4.78, 5) is 31.7. The Balaban J connectivity index is 3.66. The van der Waals surface area contributed by atoms with Gasteiger partial charge in [0, 0.05) is 0 Å². The van der Waals surface area contributed by atoms with Gasteiger partial charge in [0.1, 0.15) is 19.2 Å². The average Bonchev–Trinajstić information content (AvgIpc) is 2.21. The molecule has 0 fully saturated rings. The van der Waals surface area contributed by atoms with Gasteiger partial charge in [-0.25, -0.2) is 0 Å². The highest BCUT2D eigenvalue weighted by Crippen LogP contribution is 1.83. The summed E-state index contributed by atoms with van der Waals surface area (Å²) in [5.74, 6) is -2.54. The Labute approximate surface area is 85.6 Å². The van der Waals surface area contributed by atoms with Crippen molar-refractivity contribution >= 4 is 17.8 Å². The third-order valence-electron chi connectivity index (χ3n) is 1.36. The summed E-state index contributed by atoms with van der Waals surface area (Å²) in [5, 5.41) is 10.5. The fourth-order valence-electron chi connectivity index (χ4n) is 0.548. The average molecular weight is 219 g/mol. The van der Waals surface area contributed by atoms with Gasteiger partial charge in [0.2, 0.25) is 5.91 Å². The van der Waals surface area contributed by atoms with Crippen LogP contribution < -0.4 is 16.8 Å². The smallest absolute Gasteiger partial charge is 0.325 e. The van der Waals surface area contributed by atoms with E-state index in [4.69, 9.17) is 16.6 Å². The molecule has 6 N–H and O–H groups in total. The summed E-state index contributed by atoms with van der Waals surface area (Å²) in [5.41, 5.74) is 10.0. The van der Waals surface area contributed by atoms with Crippen LogP contribution in [0.1, 0.15) is 0 Å². The van der Waals surface area contributed by atoms with Crippen LogP contribution in [0.2, 0.25) is 0 Å². The Hall–Kier alpha value is -1.67. The van der Waals surface area contributed by atoms with Gasteiger partial charge in [-0.2, -0.15) is 0 Å². The number of ether oxygens (including phenoxy) is 1. The number of aliphatic carboxylic acids is 1. The fourth-order valence-corrected chi connectivity index (χ4v) is 0.548. The number of hydrogen-bond acceptors (Lipinski definition) is 6. The first-order valence-corrected chi connectivity index (χ1v) is 4.08. The fraction of sp³-hybridized carbons (Fsp3) is 0.571. The van der Waals surface area contributed by atoms with Crippen LogP contribution in [-0.2, 0) is 19.1 Å². The third kappa shape index (κ3) is 6.41. The van der Waals surface area contributed by atoms with Crippen molar-refractivity contribution in [3.63, 3.8) is 0 Å². The van der Waals surface area contributed by atoms with Crippen LogP contribution in [0, 0.1) is 0 Å². The van der Waals surface area contributed by atoms with Crippen LogP contribution in [0.5, 0.6) is 0 Å². The molecule has 1 amide bonds. The van der Waals surface area contributed by atoms with E-state index in [-0.39, 0.29) is 13.1 Å². The summed E-state index contributed by atoms with van der Waals surface area (Å²) in [6.45, 7) is -1.03. The molecule has 15 heavy (non-hydrogen) atoms. The van der Waals surface area contributed by atoms with Crippen molar-refractivity contribution in [1.82, 2.24) is 5.32 Å². The molecule has 0 aromatic rings. The van der Waals surface area contributed by atoms with Gasteiger partial charge in [0.05, 0.1) is 6.54 Å². The maximum Gasteiger partial charge on any atom is 0.325 e. The highest BCUT2D eigenvalue weighted by atomic mass is 16.5. The number of esters is 1. The molecule has 0 aliphatic heterocycles. The van der Waals surface area contributed by atoms with Gasteiger partial charge in [-0.05, 0) is 0 Å². The number of carboxylic acids is 1. The van der Waals surface area contributed by atoms with E-state index in [9.17, 15) is 14.4 Å². The number of carbonyl (C=O) groups is 3. The van der Waals surface area contributed by atoms with Gasteiger partial charge >= 0.3 is 11.9 Å². The second kappa shape index (κ2) is 6.74. The lowest BCUT2D eigenvalue weighted by molar-refractivity contribution is -0.148. The van der Waals surface area contributed by atoms with Gasteiger partial charge in [-0.3, -0.25) is 14.4 Å². The van der Waals surface area contributed by atoms with E-state index in [1.807, 2.05) is 0 Å². The molecule has 0 rings (SSSR count). The lowest BCUT2D eigenvalue weighted by Crippen LogP contribution is -2.39. The highest BCUT2D eigenvalue weighted by molar-refractivity contribution is 5.83. The van der Waals surface area contributed by atoms with E-state index in [1.165, 1.54) is 0 Å². The topological polar surface area (TPSA) is 145 Å². The number of amides is 1. The maximum absolute atomic E-state index is 10.9. The SMILES string of the molecule is NCC(=O)NCC(=O)OC[C@H](N)C(=O)O. The Morgan fingerprint density at radius 1 is 1.40 bits per heavy atom. The second-order valence-corrected chi connectivity index (χ2v) is 2.61. The highest BCUT2D eigenvalue weighted by Gasteiger charge is 2.14. The number of carbonyl (C=O) groups excluding carboxylic acids is 2. The molecule has 0 saturated carbocycles. The standard InChI is InChI=1S/C7H13N3O5/c8-1-5(11)10-2-6(12)15-3-4(9)7(13)14/h4H,1-3,8-9H2,(H,10,11)(H,13,14)/t4-/m0/s1. The summed E-state index contributed by atoms with van der Waals surface area (Å²) in [7, 11) is 0. The Kier molecular flexibility index (Phi) is 5.99. The largest absolute Gasteiger partial charge is 0.480 e. The summed E-state index contributed by atoms with van der Waals surface area (Å²) in [6, 6.07) is -1.26. The molecule has 0 aromatic carbocycles. The van der Waals surface area contributed by atoms with Gasteiger partial charge < -0.3 is 26.6 Å². The Morgan fingerprint density at radius 2 is 2.00 bits per heavy atom. The molecule has 1 atom stereocenters. The minimum absolute atomic E-state index is 0.234. The molecule has 0 unspecified atom stereocenters. The number of hydrogen-bond donors (Lipinski definition) is 4. The first kappa shape index (κ1) is 13.3. The summed E-state index contributed by atoms with van der Waals surface area (Å²) in [6.07, 6.45) is 0. The molecule has 0 bridgehead atoms. The van der Waals surface area contributed by atoms with Crippen molar-refractivity contribution in [1.29, 1.82) is 0 Å². The van der Waals surface area contributed by atoms with Crippen LogP contribution in [0.4, 0.5) is 0 Å². The molecule has 0 aromatic heterocycles. The quantitative estimate of drug-likeness (QED) is 0.348. The van der Waals surface area contributed by atoms with E-state index in [0.717, 1.165) is 0 Å². The number of rotatable bonds is 6. The zero-order valence-electron chi connectivity index (χ0n) is 7.93. The van der Waals surface area contributed by atoms with Crippen molar-refractivity contribution in [2.45, 2.75) is 6.04 Å².